The number of benzene rings is 1. The molecule has 2 aromatic rings. The van der Waals surface area contributed by atoms with Gasteiger partial charge in [-0.05, 0) is 24.4 Å². The number of nitrogen functional groups attached to an aromatic ring is 1. The van der Waals surface area contributed by atoms with Crippen LogP contribution in [-0.4, -0.2) is 9.97 Å². The second kappa shape index (κ2) is 2.97. The Morgan fingerprint density at radius 3 is 3.00 bits per heavy atom. The summed E-state index contributed by atoms with van der Waals surface area (Å²) in [5, 5.41) is 1.30. The number of halogens is 1. The van der Waals surface area contributed by atoms with Crippen molar-refractivity contribution in [1.82, 2.24) is 9.97 Å². The highest BCUT2D eigenvalue weighted by molar-refractivity contribution is 7.71. The summed E-state index contributed by atoms with van der Waals surface area (Å²) in [6, 6.07) is 5.45. The topological polar surface area (TPSA) is 54.7 Å². The molecule has 0 saturated heterocycles. The van der Waals surface area contributed by atoms with Crippen LogP contribution in [0.4, 0.5) is 5.82 Å². The van der Waals surface area contributed by atoms with Crippen LogP contribution >= 0.6 is 23.8 Å². The lowest BCUT2D eigenvalue weighted by Crippen LogP contribution is -1.94. The van der Waals surface area contributed by atoms with E-state index in [1.165, 1.54) is 0 Å². The SMILES string of the molecule is Nc1nc(=S)[nH]c2cccc(Cl)c12. The molecular formula is C8H6ClN3S. The van der Waals surface area contributed by atoms with Crippen LogP contribution in [0.25, 0.3) is 10.9 Å². The highest BCUT2D eigenvalue weighted by Crippen LogP contribution is 2.25. The van der Waals surface area contributed by atoms with E-state index in [1.807, 2.05) is 12.1 Å². The third-order valence-electron chi connectivity index (χ3n) is 1.73. The lowest BCUT2D eigenvalue weighted by atomic mass is 10.2. The van der Waals surface area contributed by atoms with Gasteiger partial charge in [0.2, 0.25) is 0 Å². The van der Waals surface area contributed by atoms with Gasteiger partial charge in [-0.3, -0.25) is 0 Å². The molecule has 0 aliphatic heterocycles. The van der Waals surface area contributed by atoms with Gasteiger partial charge in [-0.15, -0.1) is 0 Å². The van der Waals surface area contributed by atoms with Crippen molar-refractivity contribution in [3.05, 3.63) is 28.0 Å². The number of nitrogens with two attached hydrogens (primary N) is 1. The maximum absolute atomic E-state index is 5.94. The molecule has 1 aromatic carbocycles. The first kappa shape index (κ1) is 8.47. The van der Waals surface area contributed by atoms with Gasteiger partial charge in [0.1, 0.15) is 5.82 Å². The maximum atomic E-state index is 5.94. The zero-order chi connectivity index (χ0) is 9.42. The van der Waals surface area contributed by atoms with Crippen LogP contribution in [-0.2, 0) is 0 Å². The second-order valence-electron chi connectivity index (χ2n) is 2.59. The van der Waals surface area contributed by atoms with Gasteiger partial charge in [0, 0.05) is 0 Å². The molecule has 0 fully saturated rings. The van der Waals surface area contributed by atoms with Crippen LogP contribution in [0.15, 0.2) is 18.2 Å². The van der Waals surface area contributed by atoms with Crippen LogP contribution < -0.4 is 5.73 Å². The normalized spacial score (nSPS) is 10.5. The van der Waals surface area contributed by atoms with Crippen molar-refractivity contribution < 1.29 is 0 Å². The van der Waals surface area contributed by atoms with Crippen molar-refractivity contribution in [2.45, 2.75) is 0 Å². The molecule has 13 heavy (non-hydrogen) atoms. The van der Waals surface area contributed by atoms with Crippen molar-refractivity contribution >= 4 is 40.5 Å². The molecule has 1 aromatic heterocycles. The molecule has 0 amide bonds. The number of H-pyrrole nitrogens is 1. The molecule has 3 N–H and O–H groups in total. The van der Waals surface area contributed by atoms with E-state index >= 15 is 0 Å². The molecule has 0 unspecified atom stereocenters. The van der Waals surface area contributed by atoms with Crippen LogP contribution in [0.3, 0.4) is 0 Å². The van der Waals surface area contributed by atoms with Gasteiger partial charge in [0.25, 0.3) is 0 Å². The van der Waals surface area contributed by atoms with E-state index in [0.29, 0.717) is 15.6 Å². The lowest BCUT2D eigenvalue weighted by molar-refractivity contribution is 1.19. The quantitative estimate of drug-likeness (QED) is 0.659. The molecule has 3 nitrogen and oxygen atoms in total. The van der Waals surface area contributed by atoms with E-state index in [1.54, 1.807) is 6.07 Å². The number of hydrogen-bond acceptors (Lipinski definition) is 3. The Kier molecular flexibility index (Phi) is 1.94. The summed E-state index contributed by atoms with van der Waals surface area (Å²) in [6.45, 7) is 0. The van der Waals surface area contributed by atoms with Gasteiger partial charge in [0.15, 0.2) is 4.77 Å². The molecule has 1 heterocycles. The summed E-state index contributed by atoms with van der Waals surface area (Å²) in [5.41, 5.74) is 6.49. The summed E-state index contributed by atoms with van der Waals surface area (Å²) in [6.07, 6.45) is 0. The first-order chi connectivity index (χ1) is 6.18. The van der Waals surface area contributed by atoms with Gasteiger partial charge in [-0.25, -0.2) is 4.98 Å². The fraction of sp³-hybridized carbons (Fsp3) is 0. The molecular weight excluding hydrogens is 206 g/mol. The monoisotopic (exact) mass is 211 g/mol. The summed E-state index contributed by atoms with van der Waals surface area (Å²) in [4.78, 5) is 6.83. The molecule has 0 aliphatic rings. The van der Waals surface area contributed by atoms with Gasteiger partial charge in [-0.1, -0.05) is 17.7 Å². The van der Waals surface area contributed by atoms with E-state index in [4.69, 9.17) is 29.6 Å². The minimum absolute atomic E-state index is 0.365. The molecule has 66 valence electrons. The number of aromatic amines is 1. The van der Waals surface area contributed by atoms with Crippen LogP contribution in [0.2, 0.25) is 5.02 Å². The van der Waals surface area contributed by atoms with Crippen molar-refractivity contribution in [3.63, 3.8) is 0 Å². The smallest absolute Gasteiger partial charge is 0.199 e. The predicted molar refractivity (Wildman–Crippen MR) is 56.4 cm³/mol. The molecule has 0 atom stereocenters. The van der Waals surface area contributed by atoms with E-state index in [-0.39, 0.29) is 0 Å². The third kappa shape index (κ3) is 1.38. The fourth-order valence-corrected chi connectivity index (χ4v) is 1.68. The standard InChI is InChI=1S/C8H6ClN3S/c9-4-2-1-3-5-6(4)7(10)12-8(13)11-5/h1-3H,(H3,10,11,12,13). The summed E-state index contributed by atoms with van der Waals surface area (Å²) < 4.78 is 0.368. The van der Waals surface area contributed by atoms with Gasteiger partial charge in [-0.2, -0.15) is 0 Å². The Bertz CT molecular complexity index is 520. The third-order valence-corrected chi connectivity index (χ3v) is 2.24. The molecule has 0 bridgehead atoms. The summed E-state index contributed by atoms with van der Waals surface area (Å²) in [5.74, 6) is 0.365. The Balaban J connectivity index is 3.03. The number of hydrogen-bond donors (Lipinski definition) is 2. The van der Waals surface area contributed by atoms with E-state index in [0.717, 1.165) is 10.9 Å². The van der Waals surface area contributed by atoms with Crippen molar-refractivity contribution in [3.8, 4) is 0 Å². The number of aromatic nitrogens is 2. The lowest BCUT2D eigenvalue weighted by Gasteiger charge is -2.02. The maximum Gasteiger partial charge on any atom is 0.199 e. The van der Waals surface area contributed by atoms with Crippen LogP contribution in [0.5, 0.6) is 0 Å². The zero-order valence-corrected chi connectivity index (χ0v) is 8.12. The number of fused-ring (bicyclic) bond motifs is 1. The minimum atomic E-state index is 0.365. The average Bonchev–Trinajstić information content (AvgIpc) is 2.02. The molecule has 5 heteroatoms. The summed E-state index contributed by atoms with van der Waals surface area (Å²) in [7, 11) is 0. The largest absolute Gasteiger partial charge is 0.383 e. The molecule has 0 radical (unpaired) electrons. The molecule has 0 saturated carbocycles. The van der Waals surface area contributed by atoms with Gasteiger partial charge in [0.05, 0.1) is 15.9 Å². The number of nitrogens with one attached hydrogen (secondary N) is 1. The predicted octanol–water partition coefficient (Wildman–Crippen LogP) is 2.53. The highest BCUT2D eigenvalue weighted by Gasteiger charge is 2.03. The van der Waals surface area contributed by atoms with Crippen LogP contribution in [0, 0.1) is 4.77 Å². The molecule has 2 rings (SSSR count). The second-order valence-corrected chi connectivity index (χ2v) is 3.38. The van der Waals surface area contributed by atoms with E-state index in [2.05, 4.69) is 9.97 Å². The average molecular weight is 212 g/mol. The van der Waals surface area contributed by atoms with Crippen molar-refractivity contribution in [2.24, 2.45) is 0 Å². The highest BCUT2D eigenvalue weighted by atomic mass is 35.5. The minimum Gasteiger partial charge on any atom is -0.383 e. The van der Waals surface area contributed by atoms with Crippen molar-refractivity contribution in [1.29, 1.82) is 0 Å². The number of rotatable bonds is 0. The van der Waals surface area contributed by atoms with Gasteiger partial charge >= 0.3 is 0 Å². The number of nitrogens with zero attached hydrogens (tertiary/aromatic N) is 1. The first-order valence-electron chi connectivity index (χ1n) is 3.62. The van der Waals surface area contributed by atoms with E-state index in [9.17, 15) is 0 Å². The zero-order valence-electron chi connectivity index (χ0n) is 6.54. The van der Waals surface area contributed by atoms with Crippen molar-refractivity contribution in [2.75, 3.05) is 5.73 Å². The summed E-state index contributed by atoms with van der Waals surface area (Å²) >= 11 is 10.8. The van der Waals surface area contributed by atoms with Gasteiger partial charge < -0.3 is 10.7 Å². The first-order valence-corrected chi connectivity index (χ1v) is 4.41. The fourth-order valence-electron chi connectivity index (χ4n) is 1.20. The molecule has 0 spiro atoms. The van der Waals surface area contributed by atoms with E-state index < -0.39 is 0 Å². The number of anilines is 1. The Morgan fingerprint density at radius 1 is 1.46 bits per heavy atom. The van der Waals surface area contributed by atoms with Crippen LogP contribution in [0.1, 0.15) is 0 Å². The Labute approximate surface area is 84.6 Å². The molecule has 0 aliphatic carbocycles. The Morgan fingerprint density at radius 2 is 2.23 bits per heavy atom. The Hall–Kier alpha value is -1.13.